The van der Waals surface area contributed by atoms with Gasteiger partial charge in [0.15, 0.2) is 0 Å². The largest absolute Gasteiger partial charge is 0.472 e. The molecule has 1 aliphatic heterocycles. The Morgan fingerprint density at radius 3 is 2.73 bits per heavy atom. The third-order valence-corrected chi connectivity index (χ3v) is 3.77. The first kappa shape index (κ1) is 17.7. The van der Waals surface area contributed by atoms with Crippen molar-refractivity contribution in [3.05, 3.63) is 56.5 Å². The summed E-state index contributed by atoms with van der Waals surface area (Å²) in [5, 5.41) is 0. The van der Waals surface area contributed by atoms with Gasteiger partial charge in [-0.1, -0.05) is 0 Å². The number of H-pyrrole nitrogens is 2. The second-order valence-corrected chi connectivity index (χ2v) is 5.66. The standard InChI is InChI=1S/C15H13F3N4O4/c16-15(17,18)8-1-3-19-12(5-8)26-9-2-4-22(7-9)13(24)10-6-11(23)21-14(25)20-10/h1,3,5-6,9H,2,4,7H2,(H2,20,21,23,25). The predicted molar refractivity (Wildman–Crippen MR) is 81.9 cm³/mol. The van der Waals surface area contributed by atoms with Crippen molar-refractivity contribution in [1.82, 2.24) is 19.9 Å². The number of nitrogens with zero attached hydrogens (tertiary/aromatic N) is 2. The molecule has 8 nitrogen and oxygen atoms in total. The molecule has 0 radical (unpaired) electrons. The summed E-state index contributed by atoms with van der Waals surface area (Å²) in [6.07, 6.45) is -3.69. The minimum atomic E-state index is -4.51. The lowest BCUT2D eigenvalue weighted by atomic mass is 10.2. The van der Waals surface area contributed by atoms with Crippen molar-refractivity contribution in [2.45, 2.75) is 18.7 Å². The molecule has 3 rings (SSSR count). The Labute approximate surface area is 143 Å². The normalized spacial score (nSPS) is 17.3. The first-order valence-electron chi connectivity index (χ1n) is 7.55. The molecular formula is C15H13F3N4O4. The molecule has 2 aromatic heterocycles. The maximum atomic E-state index is 12.7. The van der Waals surface area contributed by atoms with Crippen LogP contribution in [0, 0.1) is 0 Å². The van der Waals surface area contributed by atoms with Crippen LogP contribution in [0.15, 0.2) is 34.0 Å². The number of amides is 1. The number of alkyl halides is 3. The highest BCUT2D eigenvalue weighted by atomic mass is 19.4. The average Bonchev–Trinajstić information content (AvgIpc) is 3.01. The number of likely N-dealkylation sites (tertiary alicyclic amines) is 1. The van der Waals surface area contributed by atoms with Crippen molar-refractivity contribution in [1.29, 1.82) is 0 Å². The summed E-state index contributed by atoms with van der Waals surface area (Å²) >= 11 is 0. The molecule has 11 heteroatoms. The summed E-state index contributed by atoms with van der Waals surface area (Å²) in [4.78, 5) is 44.1. The lowest BCUT2D eigenvalue weighted by Crippen LogP contribution is -2.34. The summed E-state index contributed by atoms with van der Waals surface area (Å²) in [5.41, 5.74) is -2.57. The van der Waals surface area contributed by atoms with Crippen LogP contribution in [0.3, 0.4) is 0 Å². The predicted octanol–water partition coefficient (Wildman–Crippen LogP) is 0.770. The molecule has 0 aromatic carbocycles. The molecule has 3 heterocycles. The van der Waals surface area contributed by atoms with Gasteiger partial charge in [-0.25, -0.2) is 9.78 Å². The molecule has 2 aromatic rings. The minimum absolute atomic E-state index is 0.0889. The zero-order valence-corrected chi connectivity index (χ0v) is 13.2. The van der Waals surface area contributed by atoms with Gasteiger partial charge in [0.25, 0.3) is 11.5 Å². The maximum absolute atomic E-state index is 12.7. The second-order valence-electron chi connectivity index (χ2n) is 5.66. The number of carbonyl (C=O) groups excluding carboxylic acids is 1. The quantitative estimate of drug-likeness (QED) is 0.830. The van der Waals surface area contributed by atoms with Gasteiger partial charge in [-0.2, -0.15) is 13.2 Å². The number of halogens is 3. The van der Waals surface area contributed by atoms with E-state index in [1.54, 1.807) is 0 Å². The molecule has 1 saturated heterocycles. The van der Waals surface area contributed by atoms with Crippen LogP contribution in [0.5, 0.6) is 5.88 Å². The summed E-state index contributed by atoms with van der Waals surface area (Å²) in [5.74, 6) is -0.764. The molecule has 1 amide bonds. The van der Waals surface area contributed by atoms with Crippen LogP contribution in [-0.2, 0) is 6.18 Å². The Morgan fingerprint density at radius 1 is 1.27 bits per heavy atom. The molecule has 0 spiro atoms. The Morgan fingerprint density at radius 2 is 2.04 bits per heavy atom. The zero-order valence-electron chi connectivity index (χ0n) is 13.2. The van der Waals surface area contributed by atoms with E-state index in [-0.39, 0.29) is 24.7 Å². The Hall–Kier alpha value is -3.11. The molecule has 0 bridgehead atoms. The van der Waals surface area contributed by atoms with Crippen molar-refractivity contribution in [3.8, 4) is 5.88 Å². The number of nitrogens with one attached hydrogen (secondary N) is 2. The van der Waals surface area contributed by atoms with Crippen LogP contribution < -0.4 is 16.0 Å². The smallest absolute Gasteiger partial charge is 0.416 e. The van der Waals surface area contributed by atoms with E-state index in [9.17, 15) is 27.6 Å². The minimum Gasteiger partial charge on any atom is -0.472 e. The van der Waals surface area contributed by atoms with Crippen molar-refractivity contribution in [3.63, 3.8) is 0 Å². The number of rotatable bonds is 3. The van der Waals surface area contributed by atoms with Gasteiger partial charge in [-0.05, 0) is 6.07 Å². The van der Waals surface area contributed by atoms with E-state index in [1.807, 2.05) is 4.98 Å². The lowest BCUT2D eigenvalue weighted by Gasteiger charge is -2.17. The van der Waals surface area contributed by atoms with Crippen LogP contribution in [0.2, 0.25) is 0 Å². The fourth-order valence-electron chi connectivity index (χ4n) is 2.58. The Bertz CT molecular complexity index is 909. The lowest BCUT2D eigenvalue weighted by molar-refractivity contribution is -0.137. The average molecular weight is 370 g/mol. The SMILES string of the molecule is O=C(c1cc(=O)[nH]c(=O)[nH]1)N1CCC(Oc2cc(C(F)(F)F)ccn2)C1. The van der Waals surface area contributed by atoms with Gasteiger partial charge in [-0.3, -0.25) is 14.6 Å². The summed E-state index contributed by atoms with van der Waals surface area (Å²) in [7, 11) is 0. The van der Waals surface area contributed by atoms with Crippen molar-refractivity contribution in [2.24, 2.45) is 0 Å². The van der Waals surface area contributed by atoms with Gasteiger partial charge in [0, 0.05) is 31.3 Å². The number of hydrogen-bond acceptors (Lipinski definition) is 5. The van der Waals surface area contributed by atoms with Crippen LogP contribution >= 0.6 is 0 Å². The molecule has 1 fully saturated rings. The van der Waals surface area contributed by atoms with E-state index >= 15 is 0 Å². The Kier molecular flexibility index (Phi) is 4.53. The van der Waals surface area contributed by atoms with E-state index < -0.39 is 35.0 Å². The fraction of sp³-hybridized carbons (Fsp3) is 0.333. The highest BCUT2D eigenvalue weighted by Crippen LogP contribution is 2.31. The molecule has 0 saturated carbocycles. The van der Waals surface area contributed by atoms with Crippen molar-refractivity contribution in [2.75, 3.05) is 13.1 Å². The molecule has 2 N–H and O–H groups in total. The monoisotopic (exact) mass is 370 g/mol. The second kappa shape index (κ2) is 6.65. The van der Waals surface area contributed by atoms with Gasteiger partial charge in [0.1, 0.15) is 11.8 Å². The van der Waals surface area contributed by atoms with Gasteiger partial charge < -0.3 is 14.6 Å². The summed E-state index contributed by atoms with van der Waals surface area (Å²) in [6.45, 7) is 0.350. The number of hydrogen-bond donors (Lipinski definition) is 2. The molecule has 1 atom stereocenters. The molecular weight excluding hydrogens is 357 g/mol. The van der Waals surface area contributed by atoms with E-state index in [2.05, 4.69) is 9.97 Å². The number of ether oxygens (including phenoxy) is 1. The van der Waals surface area contributed by atoms with Gasteiger partial charge in [0.2, 0.25) is 5.88 Å². The van der Waals surface area contributed by atoms with Crippen LogP contribution in [-0.4, -0.2) is 45.0 Å². The molecule has 1 unspecified atom stereocenters. The highest BCUT2D eigenvalue weighted by Gasteiger charge is 2.32. The number of carbonyl (C=O) groups is 1. The molecule has 138 valence electrons. The molecule has 26 heavy (non-hydrogen) atoms. The number of aromatic nitrogens is 3. The van der Waals surface area contributed by atoms with Crippen molar-refractivity contribution >= 4 is 5.91 Å². The summed E-state index contributed by atoms with van der Waals surface area (Å²) < 4.78 is 43.6. The highest BCUT2D eigenvalue weighted by molar-refractivity contribution is 5.92. The van der Waals surface area contributed by atoms with Crippen molar-refractivity contribution < 1.29 is 22.7 Å². The number of aromatic amines is 2. The van der Waals surface area contributed by atoms with Crippen LogP contribution in [0.25, 0.3) is 0 Å². The maximum Gasteiger partial charge on any atom is 0.416 e. The van der Waals surface area contributed by atoms with Crippen LogP contribution in [0.1, 0.15) is 22.5 Å². The van der Waals surface area contributed by atoms with Gasteiger partial charge in [0.05, 0.1) is 12.1 Å². The van der Waals surface area contributed by atoms with Gasteiger partial charge >= 0.3 is 11.9 Å². The third kappa shape index (κ3) is 3.92. The van der Waals surface area contributed by atoms with E-state index in [0.29, 0.717) is 6.42 Å². The summed E-state index contributed by atoms with van der Waals surface area (Å²) in [6, 6.07) is 2.59. The number of pyridine rings is 1. The first-order chi connectivity index (χ1) is 12.2. The zero-order chi connectivity index (χ0) is 18.9. The topological polar surface area (TPSA) is 108 Å². The first-order valence-corrected chi connectivity index (χ1v) is 7.55. The van der Waals surface area contributed by atoms with E-state index in [1.165, 1.54) is 4.90 Å². The van der Waals surface area contributed by atoms with E-state index in [4.69, 9.17) is 4.74 Å². The molecule has 0 aliphatic carbocycles. The Balaban J connectivity index is 1.68. The van der Waals surface area contributed by atoms with Gasteiger partial charge in [-0.15, -0.1) is 0 Å². The molecule has 1 aliphatic rings. The third-order valence-electron chi connectivity index (χ3n) is 3.77. The van der Waals surface area contributed by atoms with E-state index in [0.717, 1.165) is 24.4 Å². The van der Waals surface area contributed by atoms with Crippen LogP contribution in [0.4, 0.5) is 13.2 Å². The fourth-order valence-corrected chi connectivity index (χ4v) is 2.58.